The number of nitrogens with zero attached hydrogens (tertiary/aromatic N) is 1. The van der Waals surface area contributed by atoms with E-state index < -0.39 is 0 Å². The minimum atomic E-state index is -0.0762. The van der Waals surface area contributed by atoms with Gasteiger partial charge in [-0.05, 0) is 18.2 Å². The third-order valence-electron chi connectivity index (χ3n) is 1.64. The monoisotopic (exact) mass is 191 g/mol. The van der Waals surface area contributed by atoms with E-state index in [0.717, 1.165) is 0 Å². The number of aldehydes is 1. The first-order valence-corrected chi connectivity index (χ1v) is 3.94. The van der Waals surface area contributed by atoms with E-state index in [-0.39, 0.29) is 6.61 Å². The predicted molar refractivity (Wildman–Crippen MR) is 49.5 cm³/mol. The van der Waals surface area contributed by atoms with Crippen LogP contribution in [0.1, 0.15) is 10.4 Å². The third-order valence-corrected chi connectivity index (χ3v) is 1.64. The summed E-state index contributed by atoms with van der Waals surface area (Å²) in [5.74, 6) is 0.971. The van der Waals surface area contributed by atoms with Gasteiger partial charge in [0, 0.05) is 0 Å². The number of carbonyl (C=O) groups excluding carboxylic acids is 1. The third kappa shape index (κ3) is 2.23. The van der Waals surface area contributed by atoms with Crippen LogP contribution in [0.15, 0.2) is 18.2 Å². The minimum absolute atomic E-state index is 0.0762. The van der Waals surface area contributed by atoms with Crippen LogP contribution in [0.3, 0.4) is 0 Å². The van der Waals surface area contributed by atoms with E-state index in [1.54, 1.807) is 18.2 Å². The molecule has 14 heavy (non-hydrogen) atoms. The number of carbonyl (C=O) groups is 1. The second kappa shape index (κ2) is 4.87. The molecule has 0 aliphatic rings. The van der Waals surface area contributed by atoms with Crippen LogP contribution in [-0.4, -0.2) is 20.0 Å². The largest absolute Gasteiger partial charge is 0.497 e. The minimum Gasteiger partial charge on any atom is -0.497 e. The van der Waals surface area contributed by atoms with E-state index in [1.807, 2.05) is 6.07 Å². The highest BCUT2D eigenvalue weighted by Crippen LogP contribution is 2.22. The molecule has 72 valence electrons. The molecule has 0 bridgehead atoms. The summed E-state index contributed by atoms with van der Waals surface area (Å²) in [6.45, 7) is -0.0762. The van der Waals surface area contributed by atoms with Crippen molar-refractivity contribution in [3.05, 3.63) is 23.8 Å². The van der Waals surface area contributed by atoms with Crippen LogP contribution in [0, 0.1) is 11.3 Å². The van der Waals surface area contributed by atoms with Gasteiger partial charge in [0.15, 0.2) is 12.9 Å². The van der Waals surface area contributed by atoms with Crippen LogP contribution in [-0.2, 0) is 0 Å². The summed E-state index contributed by atoms with van der Waals surface area (Å²) in [4.78, 5) is 10.6. The van der Waals surface area contributed by atoms with E-state index in [9.17, 15) is 4.79 Å². The normalized spacial score (nSPS) is 8.86. The quantitative estimate of drug-likeness (QED) is 0.675. The Balaban J connectivity index is 2.94. The van der Waals surface area contributed by atoms with Crippen molar-refractivity contribution < 1.29 is 14.3 Å². The lowest BCUT2D eigenvalue weighted by atomic mass is 10.2. The lowest BCUT2D eigenvalue weighted by Crippen LogP contribution is -1.97. The fourth-order valence-corrected chi connectivity index (χ4v) is 0.987. The van der Waals surface area contributed by atoms with Crippen molar-refractivity contribution in [3.63, 3.8) is 0 Å². The van der Waals surface area contributed by atoms with Crippen molar-refractivity contribution in [3.8, 4) is 17.6 Å². The maximum Gasteiger partial charge on any atom is 0.174 e. The Morgan fingerprint density at radius 3 is 2.93 bits per heavy atom. The second-order valence-electron chi connectivity index (χ2n) is 2.47. The first kappa shape index (κ1) is 10.1. The van der Waals surface area contributed by atoms with Crippen LogP contribution in [0.5, 0.6) is 11.5 Å². The Morgan fingerprint density at radius 1 is 1.57 bits per heavy atom. The smallest absolute Gasteiger partial charge is 0.174 e. The zero-order chi connectivity index (χ0) is 10.4. The van der Waals surface area contributed by atoms with Crippen LogP contribution in [0.2, 0.25) is 0 Å². The standard InChI is InChI=1S/C10H9NO3/c1-13-9-2-3-10(14-5-4-11)8(6-9)7-12/h2-3,6-7H,5H2,1H3. The zero-order valence-electron chi connectivity index (χ0n) is 7.69. The second-order valence-corrected chi connectivity index (χ2v) is 2.47. The average Bonchev–Trinajstić information content (AvgIpc) is 2.26. The van der Waals surface area contributed by atoms with E-state index in [0.29, 0.717) is 23.3 Å². The maximum atomic E-state index is 10.6. The van der Waals surface area contributed by atoms with Gasteiger partial charge in [-0.25, -0.2) is 0 Å². The Hall–Kier alpha value is -2.02. The molecule has 1 aromatic rings. The molecule has 0 N–H and O–H groups in total. The van der Waals surface area contributed by atoms with Crippen molar-refractivity contribution in [1.29, 1.82) is 5.26 Å². The molecule has 0 unspecified atom stereocenters. The molecular formula is C10H9NO3. The first-order valence-electron chi connectivity index (χ1n) is 3.94. The molecule has 0 aliphatic heterocycles. The highest BCUT2D eigenvalue weighted by molar-refractivity contribution is 5.80. The first-order chi connectivity index (χ1) is 6.81. The maximum absolute atomic E-state index is 10.6. The summed E-state index contributed by atoms with van der Waals surface area (Å²) in [5.41, 5.74) is 0.375. The lowest BCUT2D eigenvalue weighted by molar-refractivity contribution is 0.112. The molecule has 4 heteroatoms. The van der Waals surface area contributed by atoms with Crippen LogP contribution in [0.25, 0.3) is 0 Å². The van der Waals surface area contributed by atoms with Crippen LogP contribution < -0.4 is 9.47 Å². The number of methoxy groups -OCH3 is 1. The van der Waals surface area contributed by atoms with Gasteiger partial charge in [-0.1, -0.05) is 0 Å². The van der Waals surface area contributed by atoms with Gasteiger partial charge in [-0.2, -0.15) is 5.26 Å². The number of rotatable bonds is 4. The van der Waals surface area contributed by atoms with Gasteiger partial charge < -0.3 is 9.47 Å². The van der Waals surface area contributed by atoms with E-state index in [1.165, 1.54) is 7.11 Å². The number of benzene rings is 1. The molecule has 0 amide bonds. The van der Waals surface area contributed by atoms with Crippen LogP contribution in [0.4, 0.5) is 0 Å². The van der Waals surface area contributed by atoms with Crippen molar-refractivity contribution in [2.75, 3.05) is 13.7 Å². The van der Waals surface area contributed by atoms with Crippen molar-refractivity contribution in [2.24, 2.45) is 0 Å². The molecular weight excluding hydrogens is 182 g/mol. The van der Waals surface area contributed by atoms with E-state index >= 15 is 0 Å². The fraction of sp³-hybridized carbons (Fsp3) is 0.200. The summed E-state index contributed by atoms with van der Waals surface area (Å²) in [6, 6.07) is 6.65. The molecule has 0 atom stereocenters. The van der Waals surface area contributed by atoms with Gasteiger partial charge in [0.25, 0.3) is 0 Å². The number of hydrogen-bond donors (Lipinski definition) is 0. The Kier molecular flexibility index (Phi) is 3.50. The SMILES string of the molecule is COc1ccc(OCC#N)c(C=O)c1. The Labute approximate surface area is 81.7 Å². The summed E-state index contributed by atoms with van der Waals surface area (Å²) in [6.07, 6.45) is 0.662. The van der Waals surface area contributed by atoms with Gasteiger partial charge in [-0.15, -0.1) is 0 Å². The summed E-state index contributed by atoms with van der Waals surface area (Å²) < 4.78 is 9.97. The fourth-order valence-electron chi connectivity index (χ4n) is 0.987. The highest BCUT2D eigenvalue weighted by atomic mass is 16.5. The highest BCUT2D eigenvalue weighted by Gasteiger charge is 2.04. The predicted octanol–water partition coefficient (Wildman–Crippen LogP) is 1.41. The van der Waals surface area contributed by atoms with Gasteiger partial charge >= 0.3 is 0 Å². The Morgan fingerprint density at radius 2 is 2.36 bits per heavy atom. The summed E-state index contributed by atoms with van der Waals surface area (Å²) in [7, 11) is 1.51. The van der Waals surface area contributed by atoms with E-state index in [2.05, 4.69) is 0 Å². The molecule has 0 saturated carbocycles. The number of ether oxygens (including phenoxy) is 2. The molecule has 0 spiro atoms. The molecule has 0 radical (unpaired) electrons. The molecule has 4 nitrogen and oxygen atoms in total. The molecule has 1 rings (SSSR count). The van der Waals surface area contributed by atoms with Gasteiger partial charge in [0.1, 0.15) is 17.6 Å². The molecule has 0 saturated heterocycles. The van der Waals surface area contributed by atoms with Gasteiger partial charge in [0.05, 0.1) is 12.7 Å². The summed E-state index contributed by atoms with van der Waals surface area (Å²) >= 11 is 0. The average molecular weight is 191 g/mol. The lowest BCUT2D eigenvalue weighted by Gasteiger charge is -2.06. The molecule has 0 heterocycles. The topological polar surface area (TPSA) is 59.3 Å². The molecule has 0 aromatic heterocycles. The molecule has 1 aromatic carbocycles. The Bertz CT molecular complexity index is 368. The zero-order valence-corrected chi connectivity index (χ0v) is 7.69. The number of hydrogen-bond acceptors (Lipinski definition) is 4. The number of nitriles is 1. The van der Waals surface area contributed by atoms with Gasteiger partial charge in [-0.3, -0.25) is 4.79 Å². The summed E-state index contributed by atoms with van der Waals surface area (Å²) in [5, 5.41) is 8.30. The van der Waals surface area contributed by atoms with E-state index in [4.69, 9.17) is 14.7 Å². The van der Waals surface area contributed by atoms with Crippen molar-refractivity contribution in [2.45, 2.75) is 0 Å². The van der Waals surface area contributed by atoms with Gasteiger partial charge in [0.2, 0.25) is 0 Å². The molecule has 0 aliphatic carbocycles. The van der Waals surface area contributed by atoms with Crippen LogP contribution >= 0.6 is 0 Å². The van der Waals surface area contributed by atoms with Crippen molar-refractivity contribution in [1.82, 2.24) is 0 Å². The molecule has 0 fully saturated rings. The van der Waals surface area contributed by atoms with Crippen molar-refractivity contribution >= 4 is 6.29 Å².